The molecule has 0 bridgehead atoms. The normalized spacial score (nSPS) is 14.8. The Kier molecular flexibility index (Phi) is 7.89. The van der Waals surface area contributed by atoms with E-state index in [0.29, 0.717) is 35.5 Å². The minimum Gasteiger partial charge on any atom is -0.493 e. The van der Waals surface area contributed by atoms with Crippen LogP contribution in [0.5, 0.6) is 11.5 Å². The van der Waals surface area contributed by atoms with Crippen LogP contribution in [0.25, 0.3) is 6.08 Å². The van der Waals surface area contributed by atoms with Crippen molar-refractivity contribution in [2.75, 3.05) is 25.2 Å². The Morgan fingerprint density at radius 2 is 2.10 bits per heavy atom. The van der Waals surface area contributed by atoms with Crippen molar-refractivity contribution in [2.24, 2.45) is 0 Å². The van der Waals surface area contributed by atoms with Crippen molar-refractivity contribution in [3.63, 3.8) is 0 Å². The van der Waals surface area contributed by atoms with Crippen LogP contribution in [-0.2, 0) is 14.3 Å². The minimum atomic E-state index is -0.481. The molecule has 162 valence electrons. The summed E-state index contributed by atoms with van der Waals surface area (Å²) in [5, 5.41) is 0. The predicted octanol–water partition coefficient (Wildman–Crippen LogP) is 4.79. The summed E-state index contributed by atoms with van der Waals surface area (Å²) >= 11 is 8.52. The van der Waals surface area contributed by atoms with Gasteiger partial charge in [0.15, 0.2) is 22.4 Å². The molecule has 0 aliphatic carbocycles. The average Bonchev–Trinajstić information content (AvgIpc) is 3.00. The monoisotopic (exact) mass is 573 g/mol. The van der Waals surface area contributed by atoms with Crippen molar-refractivity contribution in [3.8, 4) is 11.5 Å². The first-order chi connectivity index (χ1) is 14.8. The van der Waals surface area contributed by atoms with Gasteiger partial charge in [0.25, 0.3) is 5.91 Å². The van der Waals surface area contributed by atoms with E-state index in [2.05, 4.69) is 22.6 Å². The molecule has 1 amide bonds. The maximum absolute atomic E-state index is 13.6. The third-order valence-electron chi connectivity index (χ3n) is 4.05. The van der Waals surface area contributed by atoms with Gasteiger partial charge in [-0.25, -0.2) is 9.18 Å². The van der Waals surface area contributed by atoms with E-state index in [1.807, 2.05) is 0 Å². The van der Waals surface area contributed by atoms with E-state index < -0.39 is 11.8 Å². The lowest BCUT2D eigenvalue weighted by molar-refractivity contribution is -0.145. The predicted molar refractivity (Wildman–Crippen MR) is 130 cm³/mol. The van der Waals surface area contributed by atoms with Crippen LogP contribution in [0.2, 0.25) is 0 Å². The molecular formula is C21H17FINO5S2. The zero-order valence-corrected chi connectivity index (χ0v) is 20.3. The van der Waals surface area contributed by atoms with Crippen LogP contribution in [0.4, 0.5) is 10.1 Å². The largest absolute Gasteiger partial charge is 0.493 e. The fourth-order valence-electron chi connectivity index (χ4n) is 2.75. The maximum Gasteiger partial charge on any atom is 0.344 e. The summed E-state index contributed by atoms with van der Waals surface area (Å²) in [7, 11) is 1.48. The molecule has 6 nitrogen and oxygen atoms in total. The zero-order chi connectivity index (χ0) is 22.5. The molecule has 0 spiro atoms. The van der Waals surface area contributed by atoms with Crippen LogP contribution in [0, 0.1) is 9.39 Å². The molecule has 0 saturated carbocycles. The van der Waals surface area contributed by atoms with E-state index in [9.17, 15) is 14.0 Å². The second-order valence-corrected chi connectivity index (χ2v) is 8.96. The standard InChI is InChI=1S/C21H17FINO5S2/c1-3-28-18(25)11-29-19-15(23)7-12(8-16(19)27-2)9-17-20(26)24(21(30)31-17)14-6-4-5-13(22)10-14/h4-10H,3,11H2,1-2H3/b17-9-. The van der Waals surface area contributed by atoms with Crippen molar-refractivity contribution in [3.05, 3.63) is 56.3 Å². The van der Waals surface area contributed by atoms with E-state index >= 15 is 0 Å². The van der Waals surface area contributed by atoms with Crippen LogP contribution >= 0.6 is 46.6 Å². The van der Waals surface area contributed by atoms with Crippen LogP contribution < -0.4 is 14.4 Å². The summed E-state index contributed by atoms with van der Waals surface area (Å²) in [4.78, 5) is 26.2. The highest BCUT2D eigenvalue weighted by molar-refractivity contribution is 14.1. The summed E-state index contributed by atoms with van der Waals surface area (Å²) < 4.78 is 30.4. The fraction of sp³-hybridized carbons (Fsp3) is 0.190. The SMILES string of the molecule is CCOC(=O)COc1c(I)cc(/C=C2\SC(=S)N(c3cccc(F)c3)C2=O)cc1OC. The second-order valence-electron chi connectivity index (χ2n) is 6.12. The minimum absolute atomic E-state index is 0.244. The third-order valence-corrected chi connectivity index (χ3v) is 6.15. The van der Waals surface area contributed by atoms with Gasteiger partial charge in [-0.2, -0.15) is 0 Å². The number of ether oxygens (including phenoxy) is 3. The highest BCUT2D eigenvalue weighted by Gasteiger charge is 2.33. The molecule has 1 fully saturated rings. The topological polar surface area (TPSA) is 65.1 Å². The van der Waals surface area contributed by atoms with Gasteiger partial charge >= 0.3 is 5.97 Å². The molecule has 0 atom stereocenters. The van der Waals surface area contributed by atoms with Crippen LogP contribution in [0.15, 0.2) is 41.3 Å². The number of benzene rings is 2. The number of anilines is 1. The number of thioether (sulfide) groups is 1. The lowest BCUT2D eigenvalue weighted by Gasteiger charge is -2.14. The molecule has 1 aliphatic heterocycles. The highest BCUT2D eigenvalue weighted by atomic mass is 127. The molecule has 0 aromatic heterocycles. The number of amides is 1. The molecule has 3 rings (SSSR count). The van der Waals surface area contributed by atoms with E-state index in [-0.39, 0.29) is 19.1 Å². The van der Waals surface area contributed by atoms with Gasteiger partial charge in [0.2, 0.25) is 0 Å². The van der Waals surface area contributed by atoms with Gasteiger partial charge in [0.1, 0.15) is 5.82 Å². The van der Waals surface area contributed by atoms with Gasteiger partial charge < -0.3 is 14.2 Å². The lowest BCUT2D eigenvalue weighted by Crippen LogP contribution is -2.27. The summed E-state index contributed by atoms with van der Waals surface area (Å²) in [6.45, 7) is 1.74. The number of hydrogen-bond acceptors (Lipinski definition) is 7. The summed E-state index contributed by atoms with van der Waals surface area (Å²) in [5.74, 6) is -0.459. The molecule has 31 heavy (non-hydrogen) atoms. The Hall–Kier alpha value is -2.18. The Labute approximate surface area is 201 Å². The van der Waals surface area contributed by atoms with Gasteiger partial charge in [-0.3, -0.25) is 9.69 Å². The maximum atomic E-state index is 13.6. The number of carbonyl (C=O) groups excluding carboxylic acids is 2. The number of nitrogens with zero attached hydrogens (tertiary/aromatic N) is 1. The van der Waals surface area contributed by atoms with E-state index in [1.165, 1.54) is 30.2 Å². The van der Waals surface area contributed by atoms with E-state index in [4.69, 9.17) is 26.4 Å². The first-order valence-electron chi connectivity index (χ1n) is 9.03. The molecule has 1 saturated heterocycles. The van der Waals surface area contributed by atoms with Crippen LogP contribution in [0.3, 0.4) is 0 Å². The Balaban J connectivity index is 1.86. The van der Waals surface area contributed by atoms with E-state index in [0.717, 1.165) is 11.8 Å². The van der Waals surface area contributed by atoms with Gasteiger partial charge in [0, 0.05) is 0 Å². The molecule has 2 aromatic rings. The van der Waals surface area contributed by atoms with Gasteiger partial charge in [-0.05, 0) is 71.5 Å². The number of rotatable bonds is 7. The smallest absolute Gasteiger partial charge is 0.344 e. The van der Waals surface area contributed by atoms with Crippen LogP contribution in [-0.4, -0.2) is 36.5 Å². The number of hydrogen-bond donors (Lipinski definition) is 0. The summed E-state index contributed by atoms with van der Waals surface area (Å²) in [6.07, 6.45) is 1.68. The van der Waals surface area contributed by atoms with Gasteiger partial charge in [-0.15, -0.1) is 0 Å². The third kappa shape index (κ3) is 5.55. The summed E-state index contributed by atoms with van der Waals surface area (Å²) in [6, 6.07) is 9.19. The van der Waals surface area contributed by atoms with Gasteiger partial charge in [-0.1, -0.05) is 30.0 Å². The summed E-state index contributed by atoms with van der Waals surface area (Å²) in [5.41, 5.74) is 1.06. The van der Waals surface area contributed by atoms with E-state index in [1.54, 1.807) is 31.2 Å². The van der Waals surface area contributed by atoms with Crippen LogP contribution in [0.1, 0.15) is 12.5 Å². The second kappa shape index (κ2) is 10.4. The molecule has 0 radical (unpaired) electrons. The number of methoxy groups -OCH3 is 1. The Morgan fingerprint density at radius 1 is 1.32 bits per heavy atom. The highest BCUT2D eigenvalue weighted by Crippen LogP contribution is 2.39. The molecule has 10 heteroatoms. The van der Waals surface area contributed by atoms with Crippen molar-refractivity contribution in [1.82, 2.24) is 0 Å². The van der Waals surface area contributed by atoms with Gasteiger partial charge in [0.05, 0.1) is 27.9 Å². The quantitative estimate of drug-likeness (QED) is 0.204. The molecule has 2 aromatic carbocycles. The number of carbonyl (C=O) groups is 2. The first kappa shape index (κ1) is 23.5. The molecule has 0 N–H and O–H groups in total. The zero-order valence-electron chi connectivity index (χ0n) is 16.5. The molecule has 1 aliphatic rings. The Morgan fingerprint density at radius 3 is 2.77 bits per heavy atom. The lowest BCUT2D eigenvalue weighted by atomic mass is 10.1. The molecular weight excluding hydrogens is 556 g/mol. The first-order valence-corrected chi connectivity index (χ1v) is 11.3. The van der Waals surface area contributed by atoms with Crippen molar-refractivity contribution < 1.29 is 28.2 Å². The molecule has 0 unspecified atom stereocenters. The number of esters is 1. The number of halogens is 2. The average molecular weight is 573 g/mol. The van der Waals surface area contributed by atoms with Crippen molar-refractivity contribution in [2.45, 2.75) is 6.92 Å². The van der Waals surface area contributed by atoms with Crippen molar-refractivity contribution >= 4 is 74.5 Å². The fourth-order valence-corrected chi connectivity index (χ4v) is 4.83. The molecule has 1 heterocycles. The Bertz CT molecular complexity index is 1080. The number of thiocarbonyl (C=S) groups is 1. The van der Waals surface area contributed by atoms with Crippen molar-refractivity contribution in [1.29, 1.82) is 0 Å².